The second kappa shape index (κ2) is 22.0. The van der Waals surface area contributed by atoms with Crippen molar-refractivity contribution < 1.29 is 9.47 Å². The molecule has 4 atom stereocenters. The fraction of sp³-hybridized carbons (Fsp3) is 0.792. The van der Waals surface area contributed by atoms with Gasteiger partial charge in [0.1, 0.15) is 13.2 Å². The normalized spacial score (nSPS) is 25.6. The fourth-order valence-corrected chi connectivity index (χ4v) is 18.1. The third-order valence-electron chi connectivity index (χ3n) is 12.4. The summed E-state index contributed by atoms with van der Waals surface area (Å²) < 4.78 is 12.9. The van der Waals surface area contributed by atoms with Crippen molar-refractivity contribution in [1.29, 1.82) is 0 Å². The highest BCUT2D eigenvalue weighted by Crippen LogP contribution is 2.73. The Labute approximate surface area is 369 Å². The summed E-state index contributed by atoms with van der Waals surface area (Å²) in [6.45, 7) is 14.9. The molecule has 0 amide bonds. The Bertz CT molecular complexity index is 1470. The molecule has 0 bridgehead atoms. The highest BCUT2D eigenvalue weighted by Gasteiger charge is 2.65. The average Bonchev–Trinajstić information content (AvgIpc) is 4.03. The van der Waals surface area contributed by atoms with Gasteiger partial charge in [-0.25, -0.2) is 9.98 Å². The number of ether oxygens (including phenoxy) is 2. The summed E-state index contributed by atoms with van der Waals surface area (Å²) in [4.78, 5) is 16.9. The standard InChI is InChI=1S/C48H76N2O2S5/c1-7-9-11-13-15-17-19-21-23-25-27-29-37-41-39(31-33-53-41)55-47(37,43-49-45(3,4)35-51-43)57-48(44-50-46(5,6)36-52-44)38(42-40(56-48)32-34-54-42)30-28-26-24-22-20-18-16-14-12-10-8-2/h31-34,37-38H,7-30,35-36H2,1-6H3. The van der Waals surface area contributed by atoms with E-state index in [2.05, 4.69) is 76.2 Å². The van der Waals surface area contributed by atoms with Crippen LogP contribution in [-0.2, 0) is 9.47 Å². The summed E-state index contributed by atoms with van der Waals surface area (Å²) in [5.41, 5.74) is -0.458. The molecule has 0 spiro atoms. The molecule has 0 N–H and O–H groups in total. The average molecular weight is 873 g/mol. The molecule has 57 heavy (non-hydrogen) atoms. The summed E-state index contributed by atoms with van der Waals surface area (Å²) >= 11 is 10.2. The van der Waals surface area contributed by atoms with Gasteiger partial charge in [-0.15, -0.1) is 34.4 Å². The topological polar surface area (TPSA) is 43.2 Å². The number of thioether (sulfide) groups is 3. The third kappa shape index (κ3) is 11.9. The third-order valence-corrected chi connectivity index (χ3v) is 19.9. The van der Waals surface area contributed by atoms with Gasteiger partial charge in [-0.2, -0.15) is 0 Å². The van der Waals surface area contributed by atoms with Crippen molar-refractivity contribution in [3.05, 3.63) is 32.6 Å². The highest BCUT2D eigenvalue weighted by atomic mass is 32.2. The van der Waals surface area contributed by atoms with Crippen molar-refractivity contribution in [2.45, 2.75) is 237 Å². The van der Waals surface area contributed by atoms with E-state index < -0.39 is 0 Å². The van der Waals surface area contributed by atoms with Gasteiger partial charge in [0.15, 0.2) is 8.16 Å². The van der Waals surface area contributed by atoms with Crippen LogP contribution in [0.1, 0.15) is 217 Å². The highest BCUT2D eigenvalue weighted by molar-refractivity contribution is 8.27. The molecule has 4 aliphatic heterocycles. The second-order valence-corrected chi connectivity index (χ2v) is 25.2. The van der Waals surface area contributed by atoms with Gasteiger partial charge in [0.05, 0.1) is 11.1 Å². The summed E-state index contributed by atoms with van der Waals surface area (Å²) in [7, 11) is 0. The molecule has 0 radical (unpaired) electrons. The van der Waals surface area contributed by atoms with E-state index in [9.17, 15) is 0 Å². The first-order chi connectivity index (χ1) is 27.6. The smallest absolute Gasteiger partial charge is 0.212 e. The number of fused-ring (bicyclic) bond motifs is 2. The molecule has 9 heteroatoms. The van der Waals surface area contributed by atoms with Gasteiger partial charge in [0.2, 0.25) is 11.8 Å². The monoisotopic (exact) mass is 872 g/mol. The Balaban J connectivity index is 1.21. The van der Waals surface area contributed by atoms with Crippen LogP contribution >= 0.6 is 58.0 Å². The summed E-state index contributed by atoms with van der Waals surface area (Å²) in [5, 5.41) is 4.64. The first kappa shape index (κ1) is 45.9. The predicted molar refractivity (Wildman–Crippen MR) is 256 cm³/mol. The lowest BCUT2D eigenvalue weighted by Gasteiger charge is -2.43. The van der Waals surface area contributed by atoms with Gasteiger partial charge in [-0.05, 0) is 63.4 Å². The van der Waals surface area contributed by atoms with E-state index in [4.69, 9.17) is 19.5 Å². The lowest BCUT2D eigenvalue weighted by Crippen LogP contribution is -2.45. The van der Waals surface area contributed by atoms with E-state index in [-0.39, 0.29) is 19.2 Å². The van der Waals surface area contributed by atoms with Crippen molar-refractivity contribution in [3.8, 4) is 0 Å². The van der Waals surface area contributed by atoms with Crippen LogP contribution in [0.2, 0.25) is 0 Å². The molecule has 2 aromatic rings. The molecule has 2 aromatic heterocycles. The van der Waals surface area contributed by atoms with Crippen LogP contribution in [0.4, 0.5) is 0 Å². The number of nitrogens with zero attached hydrogens (tertiary/aromatic N) is 2. The summed E-state index contributed by atoms with van der Waals surface area (Å²) in [5.74, 6) is 2.59. The minimum absolute atomic E-state index is 0.229. The number of hydrogen-bond donors (Lipinski definition) is 0. The van der Waals surface area contributed by atoms with Crippen molar-refractivity contribution in [2.24, 2.45) is 9.98 Å². The zero-order chi connectivity index (χ0) is 40.2. The number of rotatable bonds is 28. The van der Waals surface area contributed by atoms with Gasteiger partial charge in [-0.3, -0.25) is 0 Å². The van der Waals surface area contributed by atoms with Crippen LogP contribution in [-0.4, -0.2) is 44.2 Å². The van der Waals surface area contributed by atoms with Crippen LogP contribution in [0.5, 0.6) is 0 Å². The summed E-state index contributed by atoms with van der Waals surface area (Å²) in [6.07, 6.45) is 32.4. The van der Waals surface area contributed by atoms with Crippen LogP contribution in [0.15, 0.2) is 42.7 Å². The Morgan fingerprint density at radius 2 is 0.860 bits per heavy atom. The van der Waals surface area contributed by atoms with Crippen molar-refractivity contribution in [1.82, 2.24) is 0 Å². The first-order valence-electron chi connectivity index (χ1n) is 23.3. The van der Waals surface area contributed by atoms with Gasteiger partial charge < -0.3 is 9.47 Å². The van der Waals surface area contributed by atoms with Crippen molar-refractivity contribution in [3.63, 3.8) is 0 Å². The molecule has 0 aromatic carbocycles. The van der Waals surface area contributed by atoms with E-state index in [1.165, 1.54) is 151 Å². The molecule has 320 valence electrons. The molecule has 0 fully saturated rings. The molecule has 6 rings (SSSR count). The van der Waals surface area contributed by atoms with Gasteiger partial charge in [0.25, 0.3) is 0 Å². The van der Waals surface area contributed by atoms with Crippen LogP contribution in [0.25, 0.3) is 0 Å². The number of thiophene rings is 2. The Hall–Kier alpha value is -0.610. The molecule has 0 saturated heterocycles. The maximum absolute atomic E-state index is 6.84. The minimum Gasteiger partial charge on any atom is -0.477 e. The fourth-order valence-electron chi connectivity index (χ4n) is 9.18. The first-order valence-corrected chi connectivity index (χ1v) is 27.5. The molecule has 4 aliphatic rings. The van der Waals surface area contributed by atoms with E-state index in [0.717, 1.165) is 24.6 Å². The molecule has 4 nitrogen and oxygen atoms in total. The molecule has 6 heterocycles. The number of hydrogen-bond acceptors (Lipinski definition) is 9. The van der Waals surface area contributed by atoms with Crippen LogP contribution in [0.3, 0.4) is 0 Å². The number of unbranched alkanes of at least 4 members (excludes halogenated alkanes) is 20. The van der Waals surface area contributed by atoms with Crippen molar-refractivity contribution in [2.75, 3.05) is 13.2 Å². The molecule has 0 aliphatic carbocycles. The zero-order valence-electron chi connectivity index (χ0n) is 36.6. The van der Waals surface area contributed by atoms with E-state index in [0.29, 0.717) is 25.0 Å². The van der Waals surface area contributed by atoms with E-state index in [1.54, 1.807) is 9.75 Å². The lowest BCUT2D eigenvalue weighted by atomic mass is 9.94. The number of aliphatic imine (C=N–C) groups is 2. The second-order valence-electron chi connectivity index (χ2n) is 18.7. The van der Waals surface area contributed by atoms with Gasteiger partial charge in [0, 0.05) is 31.4 Å². The SMILES string of the molecule is CCCCCCCCCCCCCC1c2sccc2SC1(SC1(C2=NC(C)(C)CO2)Sc2ccsc2C1CCCCCCCCCCCCC)C1=NC(C)(C)CO1. The van der Waals surface area contributed by atoms with E-state index >= 15 is 0 Å². The molecule has 4 unspecified atom stereocenters. The molecular weight excluding hydrogens is 797 g/mol. The zero-order valence-corrected chi connectivity index (χ0v) is 40.7. The Morgan fingerprint density at radius 3 is 1.18 bits per heavy atom. The Morgan fingerprint density at radius 1 is 0.526 bits per heavy atom. The molecule has 0 saturated carbocycles. The van der Waals surface area contributed by atoms with Crippen molar-refractivity contribution >= 4 is 69.8 Å². The maximum Gasteiger partial charge on any atom is 0.212 e. The van der Waals surface area contributed by atoms with Gasteiger partial charge in [-0.1, -0.05) is 179 Å². The van der Waals surface area contributed by atoms with E-state index in [1.807, 2.05) is 46.2 Å². The van der Waals surface area contributed by atoms with Gasteiger partial charge >= 0.3 is 0 Å². The summed E-state index contributed by atoms with van der Waals surface area (Å²) in [6, 6.07) is 4.75. The predicted octanol–water partition coefficient (Wildman–Crippen LogP) is 16.8. The lowest BCUT2D eigenvalue weighted by molar-refractivity contribution is 0.269. The maximum atomic E-state index is 6.84. The van der Waals surface area contributed by atoms with Crippen LogP contribution < -0.4 is 0 Å². The van der Waals surface area contributed by atoms with Crippen LogP contribution in [0, 0.1) is 0 Å². The largest absolute Gasteiger partial charge is 0.477 e. The quantitative estimate of drug-likeness (QED) is 0.0797. The Kier molecular flexibility index (Phi) is 17.7. The molecular formula is C48H76N2O2S5. The minimum atomic E-state index is -0.371.